The number of methoxy groups -OCH3 is 1. The zero-order valence-corrected chi connectivity index (χ0v) is 10.8. The van der Waals surface area contributed by atoms with Gasteiger partial charge in [0.25, 0.3) is 0 Å². The molecule has 0 saturated carbocycles. The molecule has 0 aliphatic rings. The molecule has 1 N–H and O–H groups in total. The van der Waals surface area contributed by atoms with Crippen LogP contribution in [-0.4, -0.2) is 24.9 Å². The van der Waals surface area contributed by atoms with Crippen molar-refractivity contribution in [2.75, 3.05) is 13.7 Å². The summed E-state index contributed by atoms with van der Waals surface area (Å²) in [6, 6.07) is 7.65. The third-order valence-corrected chi connectivity index (χ3v) is 2.72. The van der Waals surface area contributed by atoms with Crippen LogP contribution in [0.4, 0.5) is 0 Å². The van der Waals surface area contributed by atoms with Gasteiger partial charge in [-0.25, -0.2) is 0 Å². The van der Waals surface area contributed by atoms with Crippen molar-refractivity contribution in [3.8, 4) is 5.75 Å². The van der Waals surface area contributed by atoms with Crippen LogP contribution >= 0.6 is 0 Å². The van der Waals surface area contributed by atoms with Gasteiger partial charge < -0.3 is 14.6 Å². The van der Waals surface area contributed by atoms with Crippen molar-refractivity contribution in [2.45, 2.75) is 38.9 Å². The predicted octanol–water partition coefficient (Wildman–Crippen LogP) is 2.93. The molecule has 1 aromatic rings. The molecule has 96 valence electrons. The van der Waals surface area contributed by atoms with Gasteiger partial charge >= 0.3 is 0 Å². The molecule has 0 radical (unpaired) electrons. The first-order valence-electron chi connectivity index (χ1n) is 6.11. The fraction of sp³-hybridized carbons (Fsp3) is 0.571. The molecule has 0 fully saturated rings. The summed E-state index contributed by atoms with van der Waals surface area (Å²) in [6.45, 7) is 4.64. The second kappa shape index (κ2) is 7.30. The molecule has 0 heterocycles. The summed E-state index contributed by atoms with van der Waals surface area (Å²) in [5, 5.41) is 9.89. The van der Waals surface area contributed by atoms with Crippen molar-refractivity contribution in [3.63, 3.8) is 0 Å². The van der Waals surface area contributed by atoms with Gasteiger partial charge in [-0.1, -0.05) is 25.1 Å². The van der Waals surface area contributed by atoms with Crippen LogP contribution in [0.3, 0.4) is 0 Å². The molecule has 2 atom stereocenters. The Morgan fingerprint density at radius 2 is 2.00 bits per heavy atom. The van der Waals surface area contributed by atoms with Gasteiger partial charge in [0.1, 0.15) is 5.75 Å². The van der Waals surface area contributed by atoms with Gasteiger partial charge in [-0.15, -0.1) is 0 Å². The van der Waals surface area contributed by atoms with Crippen LogP contribution < -0.4 is 4.74 Å². The number of hydrogen-bond donors (Lipinski definition) is 1. The molecule has 0 aliphatic heterocycles. The average Bonchev–Trinajstić information content (AvgIpc) is 2.36. The van der Waals surface area contributed by atoms with Crippen LogP contribution in [0.1, 0.15) is 38.4 Å². The second-order valence-electron chi connectivity index (χ2n) is 4.17. The SMILES string of the molecule is CC[C@@H](O)c1ccccc1OC(C)CCOC. The number of ether oxygens (including phenoxy) is 2. The maximum Gasteiger partial charge on any atom is 0.125 e. The molecule has 0 aromatic heterocycles. The molecule has 3 heteroatoms. The average molecular weight is 238 g/mol. The van der Waals surface area contributed by atoms with E-state index in [1.165, 1.54) is 0 Å². The van der Waals surface area contributed by atoms with Gasteiger partial charge in [0.2, 0.25) is 0 Å². The highest BCUT2D eigenvalue weighted by Gasteiger charge is 2.13. The summed E-state index contributed by atoms with van der Waals surface area (Å²) in [6.07, 6.45) is 1.15. The summed E-state index contributed by atoms with van der Waals surface area (Å²) in [4.78, 5) is 0. The number of aliphatic hydroxyl groups excluding tert-OH is 1. The maximum atomic E-state index is 9.89. The van der Waals surface area contributed by atoms with Crippen molar-refractivity contribution < 1.29 is 14.6 Å². The van der Waals surface area contributed by atoms with Gasteiger partial charge in [0.15, 0.2) is 0 Å². The molecule has 17 heavy (non-hydrogen) atoms. The molecule has 1 rings (SSSR count). The molecule has 0 aliphatic carbocycles. The van der Waals surface area contributed by atoms with Crippen molar-refractivity contribution in [1.82, 2.24) is 0 Å². The van der Waals surface area contributed by atoms with Crippen LogP contribution in [0.15, 0.2) is 24.3 Å². The Labute approximate surface area is 103 Å². The standard InChI is InChI=1S/C14H22O3/c1-4-13(15)12-7-5-6-8-14(12)17-11(2)9-10-16-3/h5-8,11,13,15H,4,9-10H2,1-3H3/t11?,13-/m1/s1. The van der Waals surface area contributed by atoms with E-state index < -0.39 is 6.10 Å². The summed E-state index contributed by atoms with van der Waals surface area (Å²) in [7, 11) is 1.68. The Balaban J connectivity index is 2.69. The zero-order chi connectivity index (χ0) is 12.7. The van der Waals surface area contributed by atoms with E-state index in [9.17, 15) is 5.11 Å². The van der Waals surface area contributed by atoms with Crippen LogP contribution in [0, 0.1) is 0 Å². The highest BCUT2D eigenvalue weighted by Crippen LogP contribution is 2.27. The van der Waals surface area contributed by atoms with E-state index in [0.717, 1.165) is 17.7 Å². The van der Waals surface area contributed by atoms with Gasteiger partial charge in [0.05, 0.1) is 12.2 Å². The van der Waals surface area contributed by atoms with Gasteiger partial charge in [0, 0.05) is 25.7 Å². The fourth-order valence-corrected chi connectivity index (χ4v) is 1.64. The molecule has 3 nitrogen and oxygen atoms in total. The molecule has 0 spiro atoms. The Morgan fingerprint density at radius 1 is 1.29 bits per heavy atom. The predicted molar refractivity (Wildman–Crippen MR) is 68.3 cm³/mol. The van der Waals surface area contributed by atoms with E-state index in [-0.39, 0.29) is 6.10 Å². The van der Waals surface area contributed by atoms with Crippen LogP contribution in [-0.2, 0) is 4.74 Å². The largest absolute Gasteiger partial charge is 0.490 e. The Hall–Kier alpha value is -1.06. The van der Waals surface area contributed by atoms with Crippen molar-refractivity contribution in [3.05, 3.63) is 29.8 Å². The quantitative estimate of drug-likeness (QED) is 0.793. The third kappa shape index (κ3) is 4.36. The Morgan fingerprint density at radius 3 is 2.65 bits per heavy atom. The fourth-order valence-electron chi connectivity index (χ4n) is 1.64. The number of benzene rings is 1. The molecule has 0 amide bonds. The molecular formula is C14H22O3. The highest BCUT2D eigenvalue weighted by molar-refractivity contribution is 5.35. The van der Waals surface area contributed by atoms with Crippen molar-refractivity contribution in [1.29, 1.82) is 0 Å². The van der Waals surface area contributed by atoms with Crippen LogP contribution in [0.2, 0.25) is 0 Å². The monoisotopic (exact) mass is 238 g/mol. The summed E-state index contributed by atoms with van der Waals surface area (Å²) < 4.78 is 10.9. The molecule has 0 saturated heterocycles. The van der Waals surface area contributed by atoms with E-state index in [2.05, 4.69) is 0 Å². The smallest absolute Gasteiger partial charge is 0.125 e. The lowest BCUT2D eigenvalue weighted by Crippen LogP contribution is -2.15. The molecule has 1 unspecified atom stereocenters. The lowest BCUT2D eigenvalue weighted by molar-refractivity contribution is 0.127. The van der Waals surface area contributed by atoms with E-state index in [1.807, 2.05) is 38.1 Å². The van der Waals surface area contributed by atoms with Crippen molar-refractivity contribution >= 4 is 0 Å². The zero-order valence-electron chi connectivity index (χ0n) is 10.8. The summed E-state index contributed by atoms with van der Waals surface area (Å²) in [5.74, 6) is 0.769. The van der Waals surface area contributed by atoms with E-state index in [0.29, 0.717) is 13.0 Å². The first-order valence-corrected chi connectivity index (χ1v) is 6.11. The van der Waals surface area contributed by atoms with Gasteiger partial charge in [-0.3, -0.25) is 0 Å². The van der Waals surface area contributed by atoms with E-state index in [1.54, 1.807) is 7.11 Å². The Bertz CT molecular complexity index is 325. The minimum atomic E-state index is -0.458. The van der Waals surface area contributed by atoms with Gasteiger partial charge in [-0.05, 0) is 19.4 Å². The first kappa shape index (κ1) is 14.0. The lowest BCUT2D eigenvalue weighted by atomic mass is 10.1. The van der Waals surface area contributed by atoms with Crippen molar-refractivity contribution in [2.24, 2.45) is 0 Å². The maximum absolute atomic E-state index is 9.89. The minimum absolute atomic E-state index is 0.0835. The first-order chi connectivity index (χ1) is 8.19. The van der Waals surface area contributed by atoms with Gasteiger partial charge in [-0.2, -0.15) is 0 Å². The van der Waals surface area contributed by atoms with Crippen LogP contribution in [0.25, 0.3) is 0 Å². The summed E-state index contributed by atoms with van der Waals surface area (Å²) in [5.41, 5.74) is 0.860. The molecule has 0 bridgehead atoms. The number of para-hydroxylation sites is 1. The normalized spacial score (nSPS) is 14.4. The number of aliphatic hydroxyl groups is 1. The topological polar surface area (TPSA) is 38.7 Å². The molecule has 1 aromatic carbocycles. The van der Waals surface area contributed by atoms with Crippen LogP contribution in [0.5, 0.6) is 5.75 Å². The third-order valence-electron chi connectivity index (χ3n) is 2.72. The van der Waals surface area contributed by atoms with E-state index >= 15 is 0 Å². The number of hydrogen-bond acceptors (Lipinski definition) is 3. The highest BCUT2D eigenvalue weighted by atomic mass is 16.5. The Kier molecular flexibility index (Phi) is 6.01. The minimum Gasteiger partial charge on any atom is -0.490 e. The second-order valence-corrected chi connectivity index (χ2v) is 4.17. The summed E-state index contributed by atoms with van der Waals surface area (Å²) >= 11 is 0. The number of rotatable bonds is 7. The van der Waals surface area contributed by atoms with E-state index in [4.69, 9.17) is 9.47 Å². The lowest BCUT2D eigenvalue weighted by Gasteiger charge is -2.19. The molecular weight excluding hydrogens is 216 g/mol.